The van der Waals surface area contributed by atoms with E-state index in [4.69, 9.17) is 29.4 Å². The first kappa shape index (κ1) is 35.0. The number of ether oxygens (including phenoxy) is 2. The number of hydrogen-bond donors (Lipinski definition) is 0. The Hall–Kier alpha value is -8.82. The molecule has 13 rings (SSSR count). The normalized spacial score (nSPS) is 11.8. The zero-order chi connectivity index (χ0) is 41.4. The molecular formula is C54H33N7O2. The van der Waals surface area contributed by atoms with Gasteiger partial charge in [-0.05, 0) is 91.0 Å². The number of rotatable bonds is 7. The van der Waals surface area contributed by atoms with Gasteiger partial charge in [-0.15, -0.1) is 0 Å². The average Bonchev–Trinajstić information content (AvgIpc) is 3.96. The summed E-state index contributed by atoms with van der Waals surface area (Å²) >= 11 is 0. The predicted octanol–water partition coefficient (Wildman–Crippen LogP) is 13.3. The van der Waals surface area contributed by atoms with Crippen LogP contribution < -0.4 is 9.47 Å². The summed E-state index contributed by atoms with van der Waals surface area (Å²) in [5.74, 6) is 5.02. The minimum atomic E-state index is 0.547. The third kappa shape index (κ3) is 5.64. The van der Waals surface area contributed by atoms with E-state index in [-0.39, 0.29) is 0 Å². The van der Waals surface area contributed by atoms with Gasteiger partial charge in [0.2, 0.25) is 5.95 Å². The molecule has 0 aliphatic heterocycles. The number of nitrogens with zero attached hydrogens (tertiary/aromatic N) is 7. The first-order valence-corrected chi connectivity index (χ1v) is 20.8. The molecule has 13 aromatic rings. The number of fused-ring (bicyclic) bond motifs is 10. The predicted molar refractivity (Wildman–Crippen MR) is 251 cm³/mol. The summed E-state index contributed by atoms with van der Waals surface area (Å²) in [4.78, 5) is 19.4. The van der Waals surface area contributed by atoms with Crippen molar-refractivity contribution < 1.29 is 9.47 Å². The summed E-state index contributed by atoms with van der Waals surface area (Å²) in [6.07, 6.45) is 5.52. The summed E-state index contributed by atoms with van der Waals surface area (Å²) in [5.41, 5.74) is 6.85. The molecule has 0 amide bonds. The van der Waals surface area contributed by atoms with Crippen LogP contribution in [0.15, 0.2) is 201 Å². The fourth-order valence-electron chi connectivity index (χ4n) is 9.16. The lowest BCUT2D eigenvalue weighted by atomic mass is 10.1. The van der Waals surface area contributed by atoms with Crippen molar-refractivity contribution in [3.05, 3.63) is 201 Å². The molecule has 0 radical (unpaired) electrons. The first-order valence-electron chi connectivity index (χ1n) is 20.8. The van der Waals surface area contributed by atoms with Crippen LogP contribution in [-0.2, 0) is 0 Å². The fourth-order valence-corrected chi connectivity index (χ4v) is 9.16. The molecule has 0 saturated carbocycles. The summed E-state index contributed by atoms with van der Waals surface area (Å²) in [7, 11) is 0. The smallest absolute Gasteiger partial charge is 0.235 e. The van der Waals surface area contributed by atoms with Crippen LogP contribution in [0.2, 0.25) is 0 Å². The minimum absolute atomic E-state index is 0.547. The first-order chi connectivity index (χ1) is 31.2. The number of aromatic nitrogens is 7. The Morgan fingerprint density at radius 1 is 0.333 bits per heavy atom. The van der Waals surface area contributed by atoms with E-state index in [1.165, 1.54) is 0 Å². The molecule has 0 aliphatic rings. The molecule has 0 saturated heterocycles. The van der Waals surface area contributed by atoms with Crippen molar-refractivity contribution in [3.63, 3.8) is 0 Å². The van der Waals surface area contributed by atoms with Crippen molar-refractivity contribution in [2.75, 3.05) is 0 Å². The number of benzene rings is 7. The van der Waals surface area contributed by atoms with Gasteiger partial charge in [0.1, 0.15) is 34.6 Å². The van der Waals surface area contributed by atoms with Gasteiger partial charge in [0, 0.05) is 80.6 Å². The Kier molecular flexibility index (Phi) is 7.70. The molecule has 0 unspecified atom stereocenters. The highest BCUT2D eigenvalue weighted by Gasteiger charge is 2.19. The zero-order valence-electron chi connectivity index (χ0n) is 33.5. The Bertz CT molecular complexity index is 3710. The van der Waals surface area contributed by atoms with Crippen molar-refractivity contribution in [3.8, 4) is 40.6 Å². The third-order valence-corrected chi connectivity index (χ3v) is 11.9. The molecule has 9 nitrogen and oxygen atoms in total. The Labute approximate surface area is 359 Å². The largest absolute Gasteiger partial charge is 0.457 e. The summed E-state index contributed by atoms with van der Waals surface area (Å²) in [6.45, 7) is 0. The Morgan fingerprint density at radius 3 is 1.22 bits per heavy atom. The molecule has 0 aliphatic carbocycles. The van der Waals surface area contributed by atoms with Crippen LogP contribution in [0, 0.1) is 0 Å². The summed E-state index contributed by atoms with van der Waals surface area (Å²) in [6, 6.07) is 61.7. The fraction of sp³-hybridized carbons (Fsp3) is 0. The molecule has 296 valence electrons. The monoisotopic (exact) mass is 811 g/mol. The second kappa shape index (κ2) is 13.9. The lowest BCUT2D eigenvalue weighted by Gasteiger charge is -2.11. The van der Waals surface area contributed by atoms with E-state index < -0.39 is 0 Å². The topological polar surface area (TPSA) is 84.8 Å². The van der Waals surface area contributed by atoms with Crippen molar-refractivity contribution in [1.29, 1.82) is 0 Å². The summed E-state index contributed by atoms with van der Waals surface area (Å²) < 4.78 is 19.9. The highest BCUT2D eigenvalue weighted by Crippen LogP contribution is 2.40. The molecule has 9 heteroatoms. The maximum absolute atomic E-state index is 6.72. The molecule has 6 heterocycles. The van der Waals surface area contributed by atoms with E-state index in [9.17, 15) is 0 Å². The lowest BCUT2D eigenvalue weighted by molar-refractivity contribution is 0.484. The van der Waals surface area contributed by atoms with Gasteiger partial charge in [0.05, 0.1) is 38.6 Å². The van der Waals surface area contributed by atoms with Crippen molar-refractivity contribution in [2.45, 2.75) is 0 Å². The van der Waals surface area contributed by atoms with E-state index in [0.29, 0.717) is 28.9 Å². The van der Waals surface area contributed by atoms with Crippen LogP contribution in [0.3, 0.4) is 0 Å². The van der Waals surface area contributed by atoms with Gasteiger partial charge in [0.15, 0.2) is 0 Å². The van der Waals surface area contributed by atoms with Gasteiger partial charge in [-0.25, -0.2) is 19.9 Å². The molecule has 63 heavy (non-hydrogen) atoms. The van der Waals surface area contributed by atoms with E-state index in [2.05, 4.69) is 111 Å². The van der Waals surface area contributed by atoms with E-state index in [1.54, 1.807) is 0 Å². The number of pyridine rings is 2. The van der Waals surface area contributed by atoms with Gasteiger partial charge in [0.25, 0.3) is 0 Å². The molecular weight excluding hydrogens is 779 g/mol. The third-order valence-electron chi connectivity index (χ3n) is 11.9. The molecule has 7 aromatic carbocycles. The number of para-hydroxylation sites is 3. The molecule has 0 spiro atoms. The van der Waals surface area contributed by atoms with Gasteiger partial charge < -0.3 is 9.47 Å². The van der Waals surface area contributed by atoms with Crippen LogP contribution in [0.5, 0.6) is 23.0 Å². The van der Waals surface area contributed by atoms with Gasteiger partial charge in [-0.2, -0.15) is 0 Å². The molecule has 0 N–H and O–H groups in total. The molecule has 0 atom stereocenters. The van der Waals surface area contributed by atoms with Crippen LogP contribution in [0.25, 0.3) is 93.9 Å². The van der Waals surface area contributed by atoms with Crippen LogP contribution in [0.4, 0.5) is 0 Å². The van der Waals surface area contributed by atoms with Gasteiger partial charge in [-0.3, -0.25) is 13.7 Å². The SMILES string of the molecule is c1ccc(-n2c3ccccc3c3ccc(Oc4ccc5c6ccc(Oc7ccc8c9ccccc9n(-c9ccccn9)c8c7)cc6n(-c6ncc7ccccc7n6)c5c4)cc32)nc1. The second-order valence-corrected chi connectivity index (χ2v) is 15.6. The van der Waals surface area contributed by atoms with Crippen LogP contribution >= 0.6 is 0 Å². The summed E-state index contributed by atoms with van der Waals surface area (Å²) in [5, 5.41) is 7.60. The van der Waals surface area contributed by atoms with Gasteiger partial charge >= 0.3 is 0 Å². The maximum Gasteiger partial charge on any atom is 0.235 e. The minimum Gasteiger partial charge on any atom is -0.457 e. The van der Waals surface area contributed by atoms with Crippen molar-refractivity contribution in [2.24, 2.45) is 0 Å². The van der Waals surface area contributed by atoms with Crippen LogP contribution in [-0.4, -0.2) is 33.6 Å². The highest BCUT2D eigenvalue weighted by atomic mass is 16.5. The van der Waals surface area contributed by atoms with Crippen molar-refractivity contribution >= 4 is 76.3 Å². The number of hydrogen-bond acceptors (Lipinski definition) is 6. The molecule has 0 bridgehead atoms. The second-order valence-electron chi connectivity index (χ2n) is 15.6. The van der Waals surface area contributed by atoms with Crippen molar-refractivity contribution in [1.82, 2.24) is 33.6 Å². The van der Waals surface area contributed by atoms with E-state index >= 15 is 0 Å². The average molecular weight is 812 g/mol. The van der Waals surface area contributed by atoms with Gasteiger partial charge in [-0.1, -0.05) is 66.7 Å². The Morgan fingerprint density at radius 2 is 0.746 bits per heavy atom. The molecule has 6 aromatic heterocycles. The maximum atomic E-state index is 6.72. The molecule has 0 fully saturated rings. The quantitative estimate of drug-likeness (QED) is 0.159. The Balaban J connectivity index is 0.939. The highest BCUT2D eigenvalue weighted by molar-refractivity contribution is 6.12. The zero-order valence-corrected chi connectivity index (χ0v) is 33.5. The lowest BCUT2D eigenvalue weighted by Crippen LogP contribution is -2.01. The van der Waals surface area contributed by atoms with E-state index in [1.807, 2.05) is 104 Å². The van der Waals surface area contributed by atoms with Crippen LogP contribution in [0.1, 0.15) is 0 Å². The standard InChI is InChI=1S/C54H33N7O2/c1-4-14-45-34(11-1)33-57-54(58-45)61-50-31-37(62-35-19-23-41-39-12-2-5-15-46(39)59(48(41)29-35)52-17-7-9-27-55-52)21-25-43(50)44-26-22-38(32-51(44)61)63-36-20-24-42-40-13-3-6-16-47(40)60(49(42)30-36)53-18-8-10-28-56-53/h1-33H. The van der Waals surface area contributed by atoms with E-state index in [0.717, 1.165) is 88.0 Å².